The van der Waals surface area contributed by atoms with Crippen LogP contribution in [0.1, 0.15) is 0 Å². The summed E-state index contributed by atoms with van der Waals surface area (Å²) in [5.41, 5.74) is 5.63. The van der Waals surface area contributed by atoms with Gasteiger partial charge in [-0.15, -0.1) is 0 Å². The number of hydrogen-bond donors (Lipinski definition) is 1. The largest absolute Gasteiger partial charge is 0.396 e. The average molecular weight is 285 g/mol. The molecule has 0 aliphatic carbocycles. The normalized spacial score (nSPS) is 16.3. The Balaban J connectivity index is 2.13. The van der Waals surface area contributed by atoms with E-state index in [0.717, 1.165) is 0 Å². The number of aromatic nitrogens is 1. The van der Waals surface area contributed by atoms with Crippen molar-refractivity contribution in [3.05, 3.63) is 18.3 Å². The van der Waals surface area contributed by atoms with Crippen molar-refractivity contribution in [3.8, 4) is 0 Å². The fraction of sp³-hybridized carbons (Fsp3) is 0.455. The molecular formula is C11H15N3O4S. The van der Waals surface area contributed by atoms with Crippen LogP contribution >= 0.6 is 0 Å². The number of pyridine rings is 1. The smallest absolute Gasteiger partial charge is 0.238 e. The van der Waals surface area contributed by atoms with Crippen LogP contribution in [0, 0.1) is 0 Å². The first kappa shape index (κ1) is 13.8. The number of ether oxygens (including phenoxy) is 1. The van der Waals surface area contributed by atoms with Crippen molar-refractivity contribution in [2.24, 2.45) is 0 Å². The van der Waals surface area contributed by atoms with Gasteiger partial charge in [-0.3, -0.25) is 4.79 Å². The van der Waals surface area contributed by atoms with Gasteiger partial charge in [0.05, 0.1) is 18.9 Å². The molecule has 2 N–H and O–H groups in total. The predicted molar refractivity (Wildman–Crippen MR) is 68.1 cm³/mol. The van der Waals surface area contributed by atoms with Crippen LogP contribution in [0.5, 0.6) is 0 Å². The zero-order valence-corrected chi connectivity index (χ0v) is 11.1. The summed E-state index contributed by atoms with van der Waals surface area (Å²) >= 11 is 0. The molecule has 19 heavy (non-hydrogen) atoms. The SMILES string of the molecule is Nc1cccnc1S(=O)(=O)CC(=O)N1CCOCC1. The minimum absolute atomic E-state index is 0.0530. The Morgan fingerprint density at radius 3 is 2.74 bits per heavy atom. The van der Waals surface area contributed by atoms with Crippen molar-refractivity contribution in [3.63, 3.8) is 0 Å². The molecule has 1 saturated heterocycles. The third-order valence-corrected chi connectivity index (χ3v) is 4.33. The van der Waals surface area contributed by atoms with Crippen molar-refractivity contribution in [1.29, 1.82) is 0 Å². The highest BCUT2D eigenvalue weighted by Gasteiger charge is 2.27. The van der Waals surface area contributed by atoms with Gasteiger partial charge in [0.15, 0.2) is 5.03 Å². The fourth-order valence-corrected chi connectivity index (χ4v) is 3.09. The van der Waals surface area contributed by atoms with Crippen molar-refractivity contribution in [2.45, 2.75) is 5.03 Å². The molecule has 0 unspecified atom stereocenters. The highest BCUT2D eigenvalue weighted by atomic mass is 32.2. The minimum atomic E-state index is -3.81. The van der Waals surface area contributed by atoms with Crippen LogP contribution in [0.15, 0.2) is 23.4 Å². The summed E-state index contributed by atoms with van der Waals surface area (Å²) in [6.45, 7) is 1.67. The molecule has 0 spiro atoms. The Kier molecular flexibility index (Phi) is 4.01. The van der Waals surface area contributed by atoms with Gasteiger partial charge in [0.25, 0.3) is 0 Å². The molecule has 1 fully saturated rings. The Morgan fingerprint density at radius 1 is 1.42 bits per heavy atom. The molecular weight excluding hydrogens is 270 g/mol. The maximum Gasteiger partial charge on any atom is 0.238 e. The summed E-state index contributed by atoms with van der Waals surface area (Å²) in [5.74, 6) is -1.07. The summed E-state index contributed by atoms with van der Waals surface area (Å²) < 4.78 is 29.3. The second-order valence-electron chi connectivity index (χ2n) is 4.15. The first-order chi connectivity index (χ1) is 9.00. The summed E-state index contributed by atoms with van der Waals surface area (Å²) in [5, 5.41) is -0.239. The topological polar surface area (TPSA) is 103 Å². The second kappa shape index (κ2) is 5.54. The molecule has 2 heterocycles. The van der Waals surface area contributed by atoms with Gasteiger partial charge in [-0.2, -0.15) is 0 Å². The maximum atomic E-state index is 12.1. The maximum absolute atomic E-state index is 12.1. The monoisotopic (exact) mass is 285 g/mol. The molecule has 2 rings (SSSR count). The first-order valence-corrected chi connectivity index (χ1v) is 7.45. The molecule has 7 nitrogen and oxygen atoms in total. The molecule has 1 aromatic heterocycles. The van der Waals surface area contributed by atoms with E-state index in [0.29, 0.717) is 26.3 Å². The van der Waals surface area contributed by atoms with Crippen molar-refractivity contribution in [1.82, 2.24) is 9.88 Å². The van der Waals surface area contributed by atoms with Crippen molar-refractivity contribution >= 4 is 21.4 Å². The number of carbonyl (C=O) groups excluding carboxylic acids is 1. The number of anilines is 1. The molecule has 1 aliphatic rings. The summed E-state index contributed by atoms with van der Waals surface area (Å²) in [7, 11) is -3.81. The zero-order chi connectivity index (χ0) is 13.9. The number of rotatable bonds is 3. The van der Waals surface area contributed by atoms with E-state index in [1.54, 1.807) is 0 Å². The van der Waals surface area contributed by atoms with Crippen LogP contribution in [0.25, 0.3) is 0 Å². The van der Waals surface area contributed by atoms with Gasteiger partial charge in [-0.1, -0.05) is 0 Å². The van der Waals surface area contributed by atoms with Gasteiger partial charge in [-0.25, -0.2) is 13.4 Å². The van der Waals surface area contributed by atoms with Crippen LogP contribution in [0.3, 0.4) is 0 Å². The van der Waals surface area contributed by atoms with Crippen LogP contribution < -0.4 is 5.73 Å². The third kappa shape index (κ3) is 3.21. The molecule has 0 atom stereocenters. The first-order valence-electron chi connectivity index (χ1n) is 5.79. The average Bonchev–Trinajstić information content (AvgIpc) is 2.39. The van der Waals surface area contributed by atoms with E-state index < -0.39 is 21.5 Å². The molecule has 104 valence electrons. The fourth-order valence-electron chi connectivity index (χ4n) is 1.80. The Morgan fingerprint density at radius 2 is 2.11 bits per heavy atom. The summed E-state index contributed by atoms with van der Waals surface area (Å²) in [4.78, 5) is 17.1. The number of nitrogens with two attached hydrogens (primary N) is 1. The van der Waals surface area contributed by atoms with E-state index in [2.05, 4.69) is 4.98 Å². The Hall–Kier alpha value is -1.67. The van der Waals surface area contributed by atoms with Gasteiger partial charge < -0.3 is 15.4 Å². The van der Waals surface area contributed by atoms with Crippen molar-refractivity contribution in [2.75, 3.05) is 37.8 Å². The number of morpholine rings is 1. The molecule has 1 amide bonds. The third-order valence-electron chi connectivity index (χ3n) is 2.77. The highest BCUT2D eigenvalue weighted by molar-refractivity contribution is 7.92. The number of nitrogens with zero attached hydrogens (tertiary/aromatic N) is 2. The van der Waals surface area contributed by atoms with E-state index in [9.17, 15) is 13.2 Å². The standard InChI is InChI=1S/C11H15N3O4S/c12-9-2-1-3-13-11(9)19(16,17)8-10(15)14-4-6-18-7-5-14/h1-3H,4-8,12H2. The van der Waals surface area contributed by atoms with Crippen LogP contribution in [0.4, 0.5) is 5.69 Å². The number of hydrogen-bond acceptors (Lipinski definition) is 6. The van der Waals surface area contributed by atoms with Gasteiger partial charge in [0.1, 0.15) is 5.75 Å². The second-order valence-corrected chi connectivity index (χ2v) is 6.05. The van der Waals surface area contributed by atoms with E-state index in [1.807, 2.05) is 0 Å². The Bertz CT molecular complexity index is 567. The molecule has 0 aromatic carbocycles. The van der Waals surface area contributed by atoms with Gasteiger partial charge >= 0.3 is 0 Å². The zero-order valence-electron chi connectivity index (χ0n) is 10.3. The lowest BCUT2D eigenvalue weighted by Gasteiger charge is -2.26. The molecule has 8 heteroatoms. The number of amides is 1. The molecule has 1 aromatic rings. The quantitative estimate of drug-likeness (QED) is 0.787. The van der Waals surface area contributed by atoms with Crippen LogP contribution in [-0.4, -0.2) is 56.3 Å². The van der Waals surface area contributed by atoms with E-state index in [4.69, 9.17) is 10.5 Å². The number of carbonyl (C=O) groups is 1. The van der Waals surface area contributed by atoms with Crippen LogP contribution in [0.2, 0.25) is 0 Å². The lowest BCUT2D eigenvalue weighted by molar-refractivity contribution is -0.132. The van der Waals surface area contributed by atoms with Crippen LogP contribution in [-0.2, 0) is 19.4 Å². The number of nitrogen functional groups attached to an aromatic ring is 1. The van der Waals surface area contributed by atoms with Gasteiger partial charge in [0, 0.05) is 19.3 Å². The Labute approximate surface area is 111 Å². The predicted octanol–water partition coefficient (Wildman–Crippen LogP) is -0.704. The van der Waals surface area contributed by atoms with Gasteiger partial charge in [-0.05, 0) is 12.1 Å². The molecule has 0 bridgehead atoms. The minimum Gasteiger partial charge on any atom is -0.396 e. The van der Waals surface area contributed by atoms with Gasteiger partial charge in [0.2, 0.25) is 15.7 Å². The van der Waals surface area contributed by atoms with E-state index >= 15 is 0 Å². The summed E-state index contributed by atoms with van der Waals surface area (Å²) in [6.07, 6.45) is 1.34. The summed E-state index contributed by atoms with van der Waals surface area (Å²) in [6, 6.07) is 2.98. The van der Waals surface area contributed by atoms with Crippen molar-refractivity contribution < 1.29 is 17.9 Å². The lowest BCUT2D eigenvalue weighted by atomic mass is 10.4. The number of sulfone groups is 1. The highest BCUT2D eigenvalue weighted by Crippen LogP contribution is 2.16. The van der Waals surface area contributed by atoms with E-state index in [-0.39, 0.29) is 10.7 Å². The molecule has 1 aliphatic heterocycles. The lowest BCUT2D eigenvalue weighted by Crippen LogP contribution is -2.43. The van der Waals surface area contributed by atoms with E-state index in [1.165, 1.54) is 23.2 Å². The molecule has 0 radical (unpaired) electrons. The molecule has 0 saturated carbocycles.